The molecule has 0 aromatic carbocycles. The normalized spacial score (nSPS) is 17.2. The van der Waals surface area contributed by atoms with Gasteiger partial charge in [-0.1, -0.05) is 37.9 Å². The minimum atomic E-state index is 0.466. The highest BCUT2D eigenvalue weighted by molar-refractivity contribution is 6.29. The molecule has 0 amide bonds. The van der Waals surface area contributed by atoms with Crippen LogP contribution in [-0.4, -0.2) is 24.5 Å². The molecule has 0 bridgehead atoms. The van der Waals surface area contributed by atoms with E-state index < -0.39 is 0 Å². The second kappa shape index (κ2) is 7.82. The number of hydrogen-bond acceptors (Lipinski definition) is 2. The second-order valence-electron chi connectivity index (χ2n) is 6.72. The first kappa shape index (κ1) is 17.1. The topological polar surface area (TPSA) is 49.3 Å². The lowest BCUT2D eigenvalue weighted by atomic mass is 9.64. The van der Waals surface area contributed by atoms with Gasteiger partial charge >= 0.3 is 0 Å². The maximum Gasteiger partial charge on any atom is 0.191 e. The average Bonchev–Trinajstić information content (AvgIpc) is 2.45. The van der Waals surface area contributed by atoms with Crippen LogP contribution in [0.25, 0.3) is 0 Å². The maximum atomic E-state index is 5.80. The summed E-state index contributed by atoms with van der Waals surface area (Å²) in [4.78, 5) is 8.40. The first-order chi connectivity index (χ1) is 10.5. The highest BCUT2D eigenvalue weighted by Gasteiger charge is 2.37. The SMILES string of the molecule is CN=C(NCc1ccc(Cl)nc1)NCC1(CC(C)C)CCC1. The Balaban J connectivity index is 1.81. The standard InChI is InChI=1S/C17H27ClN4/c1-13(2)9-17(7-4-8-17)12-22-16(19-3)21-11-14-5-6-15(18)20-10-14/h5-6,10,13H,4,7-9,11-12H2,1-3H3,(H2,19,21,22). The number of hydrogen-bond donors (Lipinski definition) is 2. The summed E-state index contributed by atoms with van der Waals surface area (Å²) < 4.78 is 0. The van der Waals surface area contributed by atoms with Gasteiger partial charge in [0.05, 0.1) is 0 Å². The molecule has 1 aromatic rings. The molecule has 122 valence electrons. The Hall–Kier alpha value is -1.29. The Labute approximate surface area is 138 Å². The van der Waals surface area contributed by atoms with Gasteiger partial charge in [-0.3, -0.25) is 4.99 Å². The molecule has 22 heavy (non-hydrogen) atoms. The molecule has 0 spiro atoms. The van der Waals surface area contributed by atoms with Crippen molar-refractivity contribution in [3.8, 4) is 0 Å². The van der Waals surface area contributed by atoms with Gasteiger partial charge in [-0.2, -0.15) is 0 Å². The van der Waals surface area contributed by atoms with Crippen LogP contribution in [0, 0.1) is 11.3 Å². The van der Waals surface area contributed by atoms with Gasteiger partial charge < -0.3 is 10.6 Å². The number of nitrogens with one attached hydrogen (secondary N) is 2. The van der Waals surface area contributed by atoms with Crippen molar-refractivity contribution in [2.24, 2.45) is 16.3 Å². The third-order valence-electron chi connectivity index (χ3n) is 4.36. The van der Waals surface area contributed by atoms with Crippen molar-refractivity contribution in [3.05, 3.63) is 29.0 Å². The van der Waals surface area contributed by atoms with E-state index in [2.05, 4.69) is 34.5 Å². The average molecular weight is 323 g/mol. The van der Waals surface area contributed by atoms with E-state index in [1.54, 1.807) is 12.3 Å². The van der Waals surface area contributed by atoms with E-state index in [4.69, 9.17) is 11.6 Å². The van der Waals surface area contributed by atoms with Crippen LogP contribution in [-0.2, 0) is 6.54 Å². The Morgan fingerprint density at radius 1 is 1.36 bits per heavy atom. The summed E-state index contributed by atoms with van der Waals surface area (Å²) >= 11 is 5.80. The van der Waals surface area contributed by atoms with Crippen molar-refractivity contribution in [1.82, 2.24) is 15.6 Å². The predicted octanol–water partition coefficient (Wildman–Crippen LogP) is 3.62. The van der Waals surface area contributed by atoms with Crippen molar-refractivity contribution in [2.75, 3.05) is 13.6 Å². The number of halogens is 1. The summed E-state index contributed by atoms with van der Waals surface area (Å²) in [6, 6.07) is 3.78. The van der Waals surface area contributed by atoms with Gasteiger partial charge in [-0.25, -0.2) is 4.98 Å². The summed E-state index contributed by atoms with van der Waals surface area (Å²) in [5.41, 5.74) is 1.56. The number of aliphatic imine (C=N–C) groups is 1. The van der Waals surface area contributed by atoms with E-state index in [1.807, 2.05) is 13.1 Å². The molecule has 1 aliphatic carbocycles. The van der Waals surface area contributed by atoms with Gasteiger partial charge in [-0.15, -0.1) is 0 Å². The lowest BCUT2D eigenvalue weighted by molar-refractivity contribution is 0.104. The molecule has 0 saturated heterocycles. The highest BCUT2D eigenvalue weighted by atomic mass is 35.5. The van der Waals surface area contributed by atoms with Crippen LogP contribution in [0.1, 0.15) is 45.1 Å². The van der Waals surface area contributed by atoms with E-state index in [9.17, 15) is 0 Å². The molecule has 5 heteroatoms. The van der Waals surface area contributed by atoms with Gasteiger partial charge in [0.2, 0.25) is 0 Å². The number of pyridine rings is 1. The molecule has 4 nitrogen and oxygen atoms in total. The summed E-state index contributed by atoms with van der Waals surface area (Å²) in [7, 11) is 1.81. The Morgan fingerprint density at radius 3 is 2.64 bits per heavy atom. The first-order valence-electron chi connectivity index (χ1n) is 8.08. The fraction of sp³-hybridized carbons (Fsp3) is 0.647. The third-order valence-corrected chi connectivity index (χ3v) is 4.58. The smallest absolute Gasteiger partial charge is 0.191 e. The summed E-state index contributed by atoms with van der Waals surface area (Å²) in [5, 5.41) is 7.35. The molecule has 1 aliphatic rings. The minimum absolute atomic E-state index is 0.466. The van der Waals surface area contributed by atoms with Crippen molar-refractivity contribution in [1.29, 1.82) is 0 Å². The Morgan fingerprint density at radius 2 is 2.14 bits per heavy atom. The molecule has 2 N–H and O–H groups in total. The number of nitrogens with zero attached hydrogens (tertiary/aromatic N) is 2. The van der Waals surface area contributed by atoms with Crippen molar-refractivity contribution < 1.29 is 0 Å². The molecule has 2 rings (SSSR count). The highest BCUT2D eigenvalue weighted by Crippen LogP contribution is 2.45. The van der Waals surface area contributed by atoms with Gasteiger partial charge in [0.15, 0.2) is 5.96 Å². The molecule has 0 atom stereocenters. The maximum absolute atomic E-state index is 5.80. The van der Waals surface area contributed by atoms with Crippen LogP contribution in [0.5, 0.6) is 0 Å². The van der Waals surface area contributed by atoms with Crippen LogP contribution in [0.3, 0.4) is 0 Å². The minimum Gasteiger partial charge on any atom is -0.356 e. The van der Waals surface area contributed by atoms with Crippen LogP contribution in [0.15, 0.2) is 23.3 Å². The van der Waals surface area contributed by atoms with E-state index in [0.717, 1.165) is 24.0 Å². The van der Waals surface area contributed by atoms with Crippen molar-refractivity contribution in [3.63, 3.8) is 0 Å². The summed E-state index contributed by atoms with van der Waals surface area (Å²) in [6.07, 6.45) is 7.09. The van der Waals surface area contributed by atoms with Crippen molar-refractivity contribution >= 4 is 17.6 Å². The molecule has 1 fully saturated rings. The fourth-order valence-electron chi connectivity index (χ4n) is 3.18. The van der Waals surface area contributed by atoms with E-state index in [0.29, 0.717) is 17.1 Å². The van der Waals surface area contributed by atoms with Crippen LogP contribution < -0.4 is 10.6 Å². The van der Waals surface area contributed by atoms with Gasteiger partial charge in [-0.05, 0) is 42.2 Å². The second-order valence-corrected chi connectivity index (χ2v) is 7.11. The van der Waals surface area contributed by atoms with E-state index >= 15 is 0 Å². The molecule has 0 unspecified atom stereocenters. The number of guanidine groups is 1. The first-order valence-corrected chi connectivity index (χ1v) is 8.46. The molecular weight excluding hydrogens is 296 g/mol. The van der Waals surface area contributed by atoms with Crippen LogP contribution in [0.2, 0.25) is 5.15 Å². The summed E-state index contributed by atoms with van der Waals surface area (Å²) in [5.74, 6) is 1.60. The van der Waals surface area contributed by atoms with E-state index in [-0.39, 0.29) is 0 Å². The third kappa shape index (κ3) is 4.87. The largest absolute Gasteiger partial charge is 0.356 e. The van der Waals surface area contributed by atoms with Crippen LogP contribution in [0.4, 0.5) is 0 Å². The molecule has 1 aromatic heterocycles. The predicted molar refractivity (Wildman–Crippen MR) is 93.2 cm³/mol. The fourth-order valence-corrected chi connectivity index (χ4v) is 3.30. The quantitative estimate of drug-likeness (QED) is 0.478. The van der Waals surface area contributed by atoms with Gasteiger partial charge in [0.25, 0.3) is 0 Å². The molecule has 1 heterocycles. The van der Waals surface area contributed by atoms with E-state index in [1.165, 1.54) is 25.7 Å². The lowest BCUT2D eigenvalue weighted by Crippen LogP contribution is -2.46. The van der Waals surface area contributed by atoms with Crippen LogP contribution >= 0.6 is 11.6 Å². The molecule has 0 radical (unpaired) electrons. The molecule has 1 saturated carbocycles. The van der Waals surface area contributed by atoms with Gasteiger partial charge in [0, 0.05) is 26.3 Å². The zero-order chi connectivity index (χ0) is 16.0. The lowest BCUT2D eigenvalue weighted by Gasteiger charge is -2.43. The zero-order valence-electron chi connectivity index (χ0n) is 13.8. The van der Waals surface area contributed by atoms with Gasteiger partial charge in [0.1, 0.15) is 5.15 Å². The molecular formula is C17H27ClN4. The Bertz CT molecular complexity index is 492. The zero-order valence-corrected chi connectivity index (χ0v) is 14.6. The number of aromatic nitrogens is 1. The van der Waals surface area contributed by atoms with Crippen molar-refractivity contribution in [2.45, 2.75) is 46.1 Å². The molecule has 0 aliphatic heterocycles. The summed E-state index contributed by atoms with van der Waals surface area (Å²) in [6.45, 7) is 6.31. The monoisotopic (exact) mass is 322 g/mol. The Kier molecular flexibility index (Phi) is 6.07. The number of rotatable bonds is 6.